The van der Waals surface area contributed by atoms with Crippen molar-refractivity contribution < 1.29 is 9.53 Å². The third-order valence-electron chi connectivity index (χ3n) is 4.21. The van der Waals surface area contributed by atoms with Gasteiger partial charge in [-0.1, -0.05) is 12.1 Å². The number of aromatic nitrogens is 1. The van der Waals surface area contributed by atoms with E-state index in [1.807, 2.05) is 19.1 Å². The van der Waals surface area contributed by atoms with E-state index in [9.17, 15) is 4.79 Å². The normalized spacial score (nSPS) is 12.0. The molecule has 2 heterocycles. The summed E-state index contributed by atoms with van der Waals surface area (Å²) in [6, 6.07) is 13.7. The molecule has 0 bridgehead atoms. The molecule has 1 amide bonds. The summed E-state index contributed by atoms with van der Waals surface area (Å²) >= 11 is 1.72. The van der Waals surface area contributed by atoms with Gasteiger partial charge in [0.05, 0.1) is 6.54 Å². The van der Waals surface area contributed by atoms with Gasteiger partial charge in [0.1, 0.15) is 11.9 Å². The van der Waals surface area contributed by atoms with Crippen LogP contribution in [-0.2, 0) is 13.1 Å². The maximum atomic E-state index is 12.1. The molecule has 0 aliphatic rings. The number of carbonyl (C=O) groups is 1. The van der Waals surface area contributed by atoms with Crippen molar-refractivity contribution in [3.8, 4) is 5.75 Å². The molecular formula is C22H25N3O2S. The number of benzene rings is 1. The molecule has 3 aromatic rings. The number of ether oxygens (including phenoxy) is 1. The molecule has 1 N–H and O–H groups in total. The number of pyridine rings is 1. The molecule has 0 saturated heterocycles. The average molecular weight is 396 g/mol. The number of amides is 1. The Labute approximate surface area is 170 Å². The molecule has 6 heteroatoms. The van der Waals surface area contributed by atoms with Gasteiger partial charge in [-0.25, -0.2) is 0 Å². The minimum Gasteiger partial charge on any atom is -0.489 e. The lowest BCUT2D eigenvalue weighted by Crippen LogP contribution is -2.33. The Morgan fingerprint density at radius 3 is 2.71 bits per heavy atom. The van der Waals surface area contributed by atoms with Gasteiger partial charge < -0.3 is 10.1 Å². The van der Waals surface area contributed by atoms with Crippen LogP contribution in [0.1, 0.15) is 28.4 Å². The first-order chi connectivity index (χ1) is 13.6. The van der Waals surface area contributed by atoms with E-state index in [2.05, 4.69) is 51.2 Å². The molecule has 1 atom stereocenters. The summed E-state index contributed by atoms with van der Waals surface area (Å²) in [4.78, 5) is 18.3. The summed E-state index contributed by atoms with van der Waals surface area (Å²) in [5.74, 6) is 0.689. The molecule has 3 rings (SSSR count). The van der Waals surface area contributed by atoms with E-state index < -0.39 is 0 Å². The Hall–Kier alpha value is -2.70. The second kappa shape index (κ2) is 10.0. The first kappa shape index (κ1) is 20.0. The lowest BCUT2D eigenvalue weighted by molar-refractivity contribution is 0.0932. The van der Waals surface area contributed by atoms with Crippen LogP contribution in [0.3, 0.4) is 0 Å². The van der Waals surface area contributed by atoms with Crippen molar-refractivity contribution in [3.05, 3.63) is 82.3 Å². The van der Waals surface area contributed by atoms with Crippen LogP contribution < -0.4 is 10.1 Å². The molecule has 0 saturated carbocycles. The minimum absolute atomic E-state index is 0.123. The topological polar surface area (TPSA) is 54.5 Å². The van der Waals surface area contributed by atoms with E-state index >= 15 is 0 Å². The van der Waals surface area contributed by atoms with Gasteiger partial charge in [-0.3, -0.25) is 14.7 Å². The van der Waals surface area contributed by atoms with Crippen LogP contribution >= 0.6 is 11.3 Å². The fourth-order valence-corrected chi connectivity index (χ4v) is 3.55. The zero-order chi connectivity index (χ0) is 19.8. The van der Waals surface area contributed by atoms with Crippen molar-refractivity contribution in [1.29, 1.82) is 0 Å². The van der Waals surface area contributed by atoms with E-state index in [0.29, 0.717) is 12.1 Å². The molecule has 28 heavy (non-hydrogen) atoms. The summed E-state index contributed by atoms with van der Waals surface area (Å²) < 4.78 is 5.98. The molecule has 2 aromatic heterocycles. The second-order valence-corrected chi connectivity index (χ2v) is 7.61. The van der Waals surface area contributed by atoms with Gasteiger partial charge in [-0.05, 0) is 66.2 Å². The molecule has 1 aromatic carbocycles. The standard InChI is InChI=1S/C22H25N3O2S/c1-17(13-24-22(26)20-6-9-23-10-7-20)27-21-5-3-4-18(12-21)14-25(2)15-19-8-11-28-16-19/h3-12,16-17H,13-15H2,1-2H3,(H,24,26)/t17-/m0/s1. The van der Waals surface area contributed by atoms with E-state index in [-0.39, 0.29) is 12.0 Å². The lowest BCUT2D eigenvalue weighted by Gasteiger charge is -2.18. The highest BCUT2D eigenvalue weighted by atomic mass is 32.1. The quantitative estimate of drug-likeness (QED) is 0.596. The first-order valence-electron chi connectivity index (χ1n) is 9.23. The van der Waals surface area contributed by atoms with E-state index in [1.54, 1.807) is 35.9 Å². The monoisotopic (exact) mass is 395 g/mol. The van der Waals surface area contributed by atoms with Crippen molar-refractivity contribution in [2.24, 2.45) is 0 Å². The molecule has 0 unspecified atom stereocenters. The van der Waals surface area contributed by atoms with Crippen molar-refractivity contribution in [1.82, 2.24) is 15.2 Å². The predicted molar refractivity (Wildman–Crippen MR) is 113 cm³/mol. The van der Waals surface area contributed by atoms with Crippen LogP contribution in [0.2, 0.25) is 0 Å². The molecule has 146 valence electrons. The van der Waals surface area contributed by atoms with Gasteiger partial charge in [0, 0.05) is 31.0 Å². The summed E-state index contributed by atoms with van der Waals surface area (Å²) in [7, 11) is 2.11. The number of hydrogen-bond acceptors (Lipinski definition) is 5. The van der Waals surface area contributed by atoms with Crippen LogP contribution in [0.4, 0.5) is 0 Å². The highest BCUT2D eigenvalue weighted by Crippen LogP contribution is 2.17. The van der Waals surface area contributed by atoms with Gasteiger partial charge in [0.25, 0.3) is 5.91 Å². The highest BCUT2D eigenvalue weighted by Gasteiger charge is 2.10. The Morgan fingerprint density at radius 1 is 1.18 bits per heavy atom. The van der Waals surface area contributed by atoms with E-state index in [0.717, 1.165) is 18.8 Å². The minimum atomic E-state index is -0.135. The maximum absolute atomic E-state index is 12.1. The number of thiophene rings is 1. The Morgan fingerprint density at radius 2 is 1.96 bits per heavy atom. The van der Waals surface area contributed by atoms with Crippen LogP contribution in [0.15, 0.2) is 65.6 Å². The lowest BCUT2D eigenvalue weighted by atomic mass is 10.2. The number of carbonyl (C=O) groups excluding carboxylic acids is 1. The molecule has 0 aliphatic carbocycles. The van der Waals surface area contributed by atoms with Crippen molar-refractivity contribution in [2.75, 3.05) is 13.6 Å². The van der Waals surface area contributed by atoms with Gasteiger partial charge in [-0.15, -0.1) is 0 Å². The number of hydrogen-bond donors (Lipinski definition) is 1. The third kappa shape index (κ3) is 6.18. The van der Waals surface area contributed by atoms with Crippen LogP contribution in [0.5, 0.6) is 5.75 Å². The molecule has 0 radical (unpaired) electrons. The second-order valence-electron chi connectivity index (χ2n) is 6.83. The van der Waals surface area contributed by atoms with Gasteiger partial charge in [0.15, 0.2) is 0 Å². The van der Waals surface area contributed by atoms with Crippen molar-refractivity contribution in [3.63, 3.8) is 0 Å². The molecule has 0 spiro atoms. The predicted octanol–water partition coefficient (Wildman–Crippen LogP) is 3.97. The largest absolute Gasteiger partial charge is 0.489 e. The van der Waals surface area contributed by atoms with Gasteiger partial charge >= 0.3 is 0 Å². The first-order valence-corrected chi connectivity index (χ1v) is 10.2. The van der Waals surface area contributed by atoms with Crippen LogP contribution in [0, 0.1) is 0 Å². The fraction of sp³-hybridized carbons (Fsp3) is 0.273. The SMILES string of the molecule is C[C@@H](CNC(=O)c1ccncc1)Oc1cccc(CN(C)Cc2ccsc2)c1. The number of nitrogens with zero attached hydrogens (tertiary/aromatic N) is 2. The highest BCUT2D eigenvalue weighted by molar-refractivity contribution is 7.07. The Balaban J connectivity index is 1.48. The fourth-order valence-electron chi connectivity index (χ4n) is 2.89. The molecule has 0 fully saturated rings. The number of rotatable bonds is 9. The Bertz CT molecular complexity index is 869. The van der Waals surface area contributed by atoms with Gasteiger partial charge in [-0.2, -0.15) is 11.3 Å². The van der Waals surface area contributed by atoms with E-state index in [4.69, 9.17) is 4.74 Å². The summed E-state index contributed by atoms with van der Waals surface area (Å²) in [5.41, 5.74) is 3.12. The van der Waals surface area contributed by atoms with Crippen LogP contribution in [0.25, 0.3) is 0 Å². The third-order valence-corrected chi connectivity index (χ3v) is 4.95. The Kier molecular flexibility index (Phi) is 7.17. The molecule has 5 nitrogen and oxygen atoms in total. The zero-order valence-electron chi connectivity index (χ0n) is 16.2. The smallest absolute Gasteiger partial charge is 0.251 e. The molecule has 0 aliphatic heterocycles. The average Bonchev–Trinajstić information content (AvgIpc) is 3.20. The summed E-state index contributed by atoms with van der Waals surface area (Å²) in [5, 5.41) is 7.17. The maximum Gasteiger partial charge on any atom is 0.251 e. The molecular weight excluding hydrogens is 370 g/mol. The number of nitrogens with one attached hydrogen (secondary N) is 1. The van der Waals surface area contributed by atoms with Gasteiger partial charge in [0.2, 0.25) is 0 Å². The van der Waals surface area contributed by atoms with Crippen LogP contribution in [-0.4, -0.2) is 35.5 Å². The van der Waals surface area contributed by atoms with Crippen molar-refractivity contribution >= 4 is 17.2 Å². The summed E-state index contributed by atoms with van der Waals surface area (Å²) in [6.07, 6.45) is 3.08. The van der Waals surface area contributed by atoms with Crippen molar-refractivity contribution in [2.45, 2.75) is 26.1 Å². The van der Waals surface area contributed by atoms with E-state index in [1.165, 1.54) is 11.1 Å². The summed E-state index contributed by atoms with van der Waals surface area (Å²) in [6.45, 7) is 4.15. The zero-order valence-corrected chi connectivity index (χ0v) is 17.0.